The monoisotopic (exact) mass is 459 g/mol. The van der Waals surface area contributed by atoms with Crippen LogP contribution in [-0.2, 0) is 16.1 Å². The normalized spacial score (nSPS) is 16.4. The number of hydrogen-bond donors (Lipinski definition) is 0. The van der Waals surface area contributed by atoms with Crippen LogP contribution in [0.2, 0.25) is 0 Å². The van der Waals surface area contributed by atoms with E-state index < -0.39 is 17.4 Å². The molecule has 0 bridgehead atoms. The Morgan fingerprint density at radius 1 is 1.18 bits per heavy atom. The van der Waals surface area contributed by atoms with E-state index in [1.807, 2.05) is 39.8 Å². The molecular formula is C24H30FN3O5. The maximum Gasteiger partial charge on any atom is 0.410 e. The van der Waals surface area contributed by atoms with Crippen molar-refractivity contribution in [2.75, 3.05) is 31.6 Å². The highest BCUT2D eigenvalue weighted by Crippen LogP contribution is 2.22. The van der Waals surface area contributed by atoms with Crippen LogP contribution in [0.1, 0.15) is 43.6 Å². The van der Waals surface area contributed by atoms with Gasteiger partial charge in [-0.25, -0.2) is 14.0 Å². The van der Waals surface area contributed by atoms with Gasteiger partial charge in [0.15, 0.2) is 0 Å². The van der Waals surface area contributed by atoms with Crippen LogP contribution in [0.4, 0.5) is 15.0 Å². The molecule has 2 heterocycles. The summed E-state index contributed by atoms with van der Waals surface area (Å²) in [5.74, 6) is -0.0891. The first-order valence-corrected chi connectivity index (χ1v) is 10.8. The molecular weight excluding hydrogens is 429 g/mol. The van der Waals surface area contributed by atoms with Crippen molar-refractivity contribution in [3.63, 3.8) is 0 Å². The zero-order valence-electron chi connectivity index (χ0n) is 19.6. The molecule has 1 aromatic heterocycles. The topological polar surface area (TPSA) is 81.2 Å². The molecule has 1 saturated heterocycles. The van der Waals surface area contributed by atoms with Crippen molar-refractivity contribution in [3.8, 4) is 5.88 Å². The van der Waals surface area contributed by atoms with Crippen LogP contribution < -0.4 is 9.64 Å². The minimum Gasteiger partial charge on any atom is -0.473 e. The lowest BCUT2D eigenvalue weighted by Gasteiger charge is -2.40. The van der Waals surface area contributed by atoms with Crippen LogP contribution >= 0.6 is 0 Å². The van der Waals surface area contributed by atoms with Crippen molar-refractivity contribution in [3.05, 3.63) is 53.3 Å². The first-order chi connectivity index (χ1) is 15.6. The maximum atomic E-state index is 14.3. The first-order valence-electron chi connectivity index (χ1n) is 10.8. The molecule has 1 amide bonds. The number of nitrogens with zero attached hydrogens (tertiary/aromatic N) is 3. The fourth-order valence-electron chi connectivity index (χ4n) is 3.48. The summed E-state index contributed by atoms with van der Waals surface area (Å²) in [5, 5.41) is 0. The summed E-state index contributed by atoms with van der Waals surface area (Å²) in [6, 6.07) is 9.44. The molecule has 0 saturated carbocycles. The van der Waals surface area contributed by atoms with E-state index in [1.165, 1.54) is 19.2 Å². The van der Waals surface area contributed by atoms with Gasteiger partial charge in [-0.15, -0.1) is 0 Å². The molecule has 0 radical (unpaired) electrons. The fraction of sp³-hybridized carbons (Fsp3) is 0.458. The molecule has 178 valence electrons. The molecule has 1 aliphatic rings. The fourth-order valence-corrected chi connectivity index (χ4v) is 3.48. The SMILES string of the molecule is COC(=O)c1ccc(COc2cccc(N3CCN(C(=O)OC(C)(C)C)C(C)C3)n2)c(F)c1. The molecule has 1 aromatic carbocycles. The van der Waals surface area contributed by atoms with Gasteiger partial charge >= 0.3 is 12.1 Å². The summed E-state index contributed by atoms with van der Waals surface area (Å²) in [4.78, 5) is 32.3. The van der Waals surface area contributed by atoms with Crippen LogP contribution in [0.15, 0.2) is 36.4 Å². The molecule has 1 fully saturated rings. The largest absolute Gasteiger partial charge is 0.473 e. The van der Waals surface area contributed by atoms with E-state index >= 15 is 0 Å². The lowest BCUT2D eigenvalue weighted by atomic mass is 10.1. The van der Waals surface area contributed by atoms with Crippen molar-refractivity contribution < 1.29 is 28.2 Å². The Labute approximate surface area is 193 Å². The number of benzene rings is 1. The Bertz CT molecular complexity index is 1010. The van der Waals surface area contributed by atoms with Gasteiger partial charge in [0.2, 0.25) is 5.88 Å². The van der Waals surface area contributed by atoms with Crippen molar-refractivity contribution in [2.45, 2.75) is 45.9 Å². The third-order valence-electron chi connectivity index (χ3n) is 5.14. The van der Waals surface area contributed by atoms with Gasteiger partial charge in [0.05, 0.1) is 12.7 Å². The number of aromatic nitrogens is 1. The van der Waals surface area contributed by atoms with Gasteiger partial charge in [0.25, 0.3) is 0 Å². The first kappa shape index (κ1) is 24.3. The third-order valence-corrected chi connectivity index (χ3v) is 5.14. The van der Waals surface area contributed by atoms with Gasteiger partial charge in [0.1, 0.15) is 23.8 Å². The Balaban J connectivity index is 1.61. The molecule has 8 nitrogen and oxygen atoms in total. The zero-order valence-corrected chi connectivity index (χ0v) is 19.6. The van der Waals surface area contributed by atoms with Gasteiger partial charge < -0.3 is 24.0 Å². The Morgan fingerprint density at radius 2 is 1.94 bits per heavy atom. The predicted molar refractivity (Wildman–Crippen MR) is 121 cm³/mol. The van der Waals surface area contributed by atoms with Crippen molar-refractivity contribution in [1.29, 1.82) is 0 Å². The van der Waals surface area contributed by atoms with E-state index in [0.717, 1.165) is 6.07 Å². The van der Waals surface area contributed by atoms with Crippen molar-refractivity contribution in [1.82, 2.24) is 9.88 Å². The Morgan fingerprint density at radius 3 is 2.58 bits per heavy atom. The zero-order chi connectivity index (χ0) is 24.2. The highest BCUT2D eigenvalue weighted by atomic mass is 19.1. The van der Waals surface area contributed by atoms with E-state index in [1.54, 1.807) is 11.0 Å². The van der Waals surface area contributed by atoms with Crippen molar-refractivity contribution >= 4 is 17.9 Å². The number of ether oxygens (including phenoxy) is 3. The molecule has 33 heavy (non-hydrogen) atoms. The average Bonchev–Trinajstić information content (AvgIpc) is 2.76. The minimum absolute atomic E-state index is 0.0352. The quantitative estimate of drug-likeness (QED) is 0.625. The molecule has 3 rings (SSSR count). The predicted octanol–water partition coefficient (Wildman–Crippen LogP) is 4.03. The van der Waals surface area contributed by atoms with Crippen LogP contribution in [0.3, 0.4) is 0 Å². The van der Waals surface area contributed by atoms with E-state index in [4.69, 9.17) is 9.47 Å². The van der Waals surface area contributed by atoms with Gasteiger partial charge in [-0.1, -0.05) is 12.1 Å². The second kappa shape index (κ2) is 10.1. The Kier molecular flexibility index (Phi) is 7.40. The molecule has 0 aliphatic carbocycles. The number of pyridine rings is 1. The van der Waals surface area contributed by atoms with Gasteiger partial charge in [-0.3, -0.25) is 0 Å². The minimum atomic E-state index is -0.600. The standard InChI is InChI=1S/C24H30FN3O5/c1-16-14-27(11-12-28(16)23(30)33-24(2,3)4)20-7-6-8-21(26-20)32-15-18-10-9-17(13-19(18)25)22(29)31-5/h6-10,13,16H,11-12,14-15H2,1-5H3. The maximum absolute atomic E-state index is 14.3. The molecule has 1 atom stereocenters. The molecule has 1 unspecified atom stereocenters. The number of amides is 1. The number of esters is 1. The second-order valence-electron chi connectivity index (χ2n) is 8.89. The number of rotatable bonds is 5. The number of carbonyl (C=O) groups is 2. The summed E-state index contributed by atoms with van der Waals surface area (Å²) < 4.78 is 30.1. The summed E-state index contributed by atoms with van der Waals surface area (Å²) in [6.45, 7) is 9.19. The van der Waals surface area contributed by atoms with E-state index in [-0.39, 0.29) is 24.3 Å². The lowest BCUT2D eigenvalue weighted by Crippen LogP contribution is -2.55. The molecule has 9 heteroatoms. The van der Waals surface area contributed by atoms with Crippen LogP contribution in [0.25, 0.3) is 0 Å². The summed E-state index contributed by atoms with van der Waals surface area (Å²) in [6.07, 6.45) is -0.320. The number of carbonyl (C=O) groups excluding carboxylic acids is 2. The highest BCUT2D eigenvalue weighted by Gasteiger charge is 2.31. The number of hydrogen-bond acceptors (Lipinski definition) is 7. The van der Waals surface area contributed by atoms with E-state index in [9.17, 15) is 14.0 Å². The molecule has 0 N–H and O–H groups in total. The van der Waals surface area contributed by atoms with Crippen LogP contribution in [0.5, 0.6) is 5.88 Å². The van der Waals surface area contributed by atoms with Crippen molar-refractivity contribution in [2.24, 2.45) is 0 Å². The number of anilines is 1. The smallest absolute Gasteiger partial charge is 0.410 e. The number of piperazine rings is 1. The van der Waals surface area contributed by atoms with Gasteiger partial charge in [-0.2, -0.15) is 4.98 Å². The third kappa shape index (κ3) is 6.34. The van der Waals surface area contributed by atoms with Gasteiger partial charge in [-0.05, 0) is 45.9 Å². The second-order valence-corrected chi connectivity index (χ2v) is 8.89. The molecule has 2 aromatic rings. The number of methoxy groups -OCH3 is 1. The lowest BCUT2D eigenvalue weighted by molar-refractivity contribution is 0.0158. The highest BCUT2D eigenvalue weighted by molar-refractivity contribution is 5.89. The summed E-state index contributed by atoms with van der Waals surface area (Å²) in [5.41, 5.74) is -0.103. The molecule has 1 aliphatic heterocycles. The summed E-state index contributed by atoms with van der Waals surface area (Å²) >= 11 is 0. The van der Waals surface area contributed by atoms with Crippen LogP contribution in [0, 0.1) is 5.82 Å². The molecule has 0 spiro atoms. The number of halogens is 1. The average molecular weight is 460 g/mol. The summed E-state index contributed by atoms with van der Waals surface area (Å²) in [7, 11) is 1.24. The van der Waals surface area contributed by atoms with Crippen LogP contribution in [-0.4, -0.2) is 60.3 Å². The van der Waals surface area contributed by atoms with Gasteiger partial charge in [0, 0.05) is 37.3 Å². The van der Waals surface area contributed by atoms with E-state index in [0.29, 0.717) is 36.9 Å². The van der Waals surface area contributed by atoms with E-state index in [2.05, 4.69) is 14.6 Å². The Hall–Kier alpha value is -3.36.